The van der Waals surface area contributed by atoms with Crippen LogP contribution in [0.4, 0.5) is 5.82 Å². The highest BCUT2D eigenvalue weighted by Crippen LogP contribution is 2.36. The molecular weight excluding hydrogens is 204 g/mol. The maximum atomic E-state index is 11.9. The summed E-state index contributed by atoms with van der Waals surface area (Å²) in [6.07, 6.45) is 5.90. The van der Waals surface area contributed by atoms with E-state index in [2.05, 4.69) is 15.5 Å². The Bertz CT molecular complexity index is 496. The van der Waals surface area contributed by atoms with Crippen LogP contribution in [-0.4, -0.2) is 20.7 Å². The van der Waals surface area contributed by atoms with Crippen LogP contribution in [0.2, 0.25) is 0 Å². The van der Waals surface area contributed by atoms with Gasteiger partial charge in [-0.3, -0.25) is 9.89 Å². The first-order valence-corrected chi connectivity index (χ1v) is 5.32. The molecule has 1 amide bonds. The molecule has 0 bridgehead atoms. The zero-order valence-corrected chi connectivity index (χ0v) is 8.68. The van der Waals surface area contributed by atoms with Gasteiger partial charge in [-0.05, 0) is 25.0 Å². The van der Waals surface area contributed by atoms with Crippen molar-refractivity contribution in [3.8, 4) is 0 Å². The minimum Gasteiger partial charge on any atom is -0.340 e. The van der Waals surface area contributed by atoms with Gasteiger partial charge in [0.25, 0.3) is 5.91 Å². The number of carbonyl (C=O) groups excluding carboxylic acids is 1. The maximum Gasteiger partial charge on any atom is 0.273 e. The summed E-state index contributed by atoms with van der Waals surface area (Å²) in [4.78, 5) is 11.9. The first-order valence-electron chi connectivity index (χ1n) is 5.32. The molecule has 0 radical (unpaired) electrons. The van der Waals surface area contributed by atoms with Crippen molar-refractivity contribution in [2.75, 3.05) is 5.32 Å². The molecule has 2 aromatic heterocycles. The molecule has 1 aliphatic carbocycles. The first kappa shape index (κ1) is 9.21. The van der Waals surface area contributed by atoms with Crippen molar-refractivity contribution >= 4 is 11.7 Å². The predicted molar refractivity (Wildman–Crippen MR) is 59.2 cm³/mol. The number of amides is 1. The summed E-state index contributed by atoms with van der Waals surface area (Å²) >= 11 is 0. The van der Waals surface area contributed by atoms with Crippen LogP contribution in [0.3, 0.4) is 0 Å². The molecule has 5 nitrogen and oxygen atoms in total. The summed E-state index contributed by atoms with van der Waals surface area (Å²) < 4.78 is 2.03. The third-order valence-electron chi connectivity index (χ3n) is 2.70. The van der Waals surface area contributed by atoms with E-state index in [1.807, 2.05) is 22.9 Å². The number of hydrogen-bond acceptors (Lipinski definition) is 2. The lowest BCUT2D eigenvalue weighted by molar-refractivity contribution is 0.101. The Kier molecular flexibility index (Phi) is 2.02. The van der Waals surface area contributed by atoms with Gasteiger partial charge in [-0.25, -0.2) is 0 Å². The van der Waals surface area contributed by atoms with Gasteiger partial charge in [0.1, 0.15) is 11.5 Å². The van der Waals surface area contributed by atoms with Gasteiger partial charge >= 0.3 is 0 Å². The lowest BCUT2D eigenvalue weighted by Crippen LogP contribution is -2.16. The predicted octanol–water partition coefficient (Wildman–Crippen LogP) is 1.80. The number of nitrogens with one attached hydrogen (secondary N) is 2. The Morgan fingerprint density at radius 2 is 2.38 bits per heavy atom. The first-order chi connectivity index (χ1) is 7.84. The van der Waals surface area contributed by atoms with E-state index in [9.17, 15) is 4.79 Å². The molecule has 3 rings (SSSR count). The van der Waals surface area contributed by atoms with Crippen LogP contribution < -0.4 is 5.32 Å². The number of nitrogens with zero attached hydrogens (tertiary/aromatic N) is 2. The third-order valence-corrected chi connectivity index (χ3v) is 2.70. The molecule has 2 aromatic rings. The maximum absolute atomic E-state index is 11.9. The second-order valence-corrected chi connectivity index (χ2v) is 3.96. The van der Waals surface area contributed by atoms with Gasteiger partial charge in [0.05, 0.1) is 6.20 Å². The van der Waals surface area contributed by atoms with Crippen molar-refractivity contribution in [1.29, 1.82) is 0 Å². The fraction of sp³-hybridized carbons (Fsp3) is 0.273. The summed E-state index contributed by atoms with van der Waals surface area (Å²) in [6, 6.07) is 5.98. The van der Waals surface area contributed by atoms with Crippen molar-refractivity contribution in [2.24, 2.45) is 0 Å². The van der Waals surface area contributed by atoms with Crippen LogP contribution in [0.25, 0.3) is 0 Å². The van der Waals surface area contributed by atoms with Crippen LogP contribution in [0.1, 0.15) is 29.4 Å². The number of hydrogen-bond donors (Lipinski definition) is 2. The molecule has 0 aromatic carbocycles. The molecule has 0 aliphatic heterocycles. The van der Waals surface area contributed by atoms with Gasteiger partial charge in [-0.15, -0.1) is 0 Å². The van der Waals surface area contributed by atoms with Gasteiger partial charge in [0.15, 0.2) is 0 Å². The van der Waals surface area contributed by atoms with Crippen LogP contribution in [0.5, 0.6) is 0 Å². The molecule has 0 saturated heterocycles. The Labute approximate surface area is 92.5 Å². The lowest BCUT2D eigenvalue weighted by atomic mass is 10.4. The molecule has 2 N–H and O–H groups in total. The minimum absolute atomic E-state index is 0.0962. The van der Waals surface area contributed by atoms with Gasteiger partial charge in [0.2, 0.25) is 0 Å². The lowest BCUT2D eigenvalue weighted by Gasteiger charge is -2.06. The highest BCUT2D eigenvalue weighted by Gasteiger charge is 2.26. The fourth-order valence-electron chi connectivity index (χ4n) is 1.77. The van der Waals surface area contributed by atoms with Gasteiger partial charge in [0, 0.05) is 18.3 Å². The van der Waals surface area contributed by atoms with E-state index in [-0.39, 0.29) is 5.91 Å². The van der Waals surface area contributed by atoms with Crippen molar-refractivity contribution in [3.05, 3.63) is 36.3 Å². The van der Waals surface area contributed by atoms with E-state index in [0.29, 0.717) is 17.6 Å². The number of aromatic amines is 1. The molecule has 1 fully saturated rings. The average Bonchev–Trinajstić information content (AvgIpc) is 2.82. The molecule has 1 aliphatic rings. The topological polar surface area (TPSA) is 62.7 Å². The van der Waals surface area contributed by atoms with Crippen LogP contribution in [0, 0.1) is 0 Å². The summed E-state index contributed by atoms with van der Waals surface area (Å²) in [5, 5.41) is 9.25. The molecule has 0 spiro atoms. The summed E-state index contributed by atoms with van der Waals surface area (Å²) in [5.74, 6) is 0.523. The van der Waals surface area contributed by atoms with E-state index in [1.54, 1.807) is 12.3 Å². The fourth-order valence-corrected chi connectivity index (χ4v) is 1.77. The van der Waals surface area contributed by atoms with E-state index in [4.69, 9.17) is 0 Å². The quantitative estimate of drug-likeness (QED) is 0.821. The number of aromatic nitrogens is 3. The average molecular weight is 216 g/mol. The second kappa shape index (κ2) is 3.52. The standard InChI is InChI=1S/C11H12N4O/c16-11(13-10-5-6-12-14-10)9-2-1-7-15(9)8-3-4-8/h1-2,5-8H,3-4H2,(H2,12,13,14,16). The van der Waals surface area contributed by atoms with Crippen molar-refractivity contribution in [1.82, 2.24) is 14.8 Å². The number of carbonyl (C=O) groups is 1. The molecule has 82 valence electrons. The Morgan fingerprint density at radius 3 is 3.06 bits per heavy atom. The molecular formula is C11H12N4O. The molecule has 0 unspecified atom stereocenters. The van der Waals surface area contributed by atoms with Crippen LogP contribution in [0.15, 0.2) is 30.6 Å². The van der Waals surface area contributed by atoms with Crippen molar-refractivity contribution in [3.63, 3.8) is 0 Å². The van der Waals surface area contributed by atoms with Gasteiger partial charge in [-0.2, -0.15) is 5.10 Å². The second-order valence-electron chi connectivity index (χ2n) is 3.96. The van der Waals surface area contributed by atoms with Gasteiger partial charge < -0.3 is 9.88 Å². The Balaban J connectivity index is 1.80. The highest BCUT2D eigenvalue weighted by atomic mass is 16.2. The van der Waals surface area contributed by atoms with E-state index in [1.165, 1.54) is 12.8 Å². The number of rotatable bonds is 3. The summed E-state index contributed by atoms with van der Waals surface area (Å²) in [6.45, 7) is 0. The highest BCUT2D eigenvalue weighted by molar-refractivity contribution is 6.02. The van der Waals surface area contributed by atoms with E-state index < -0.39 is 0 Å². The van der Waals surface area contributed by atoms with E-state index >= 15 is 0 Å². The summed E-state index contributed by atoms with van der Waals surface area (Å²) in [7, 11) is 0. The number of anilines is 1. The smallest absolute Gasteiger partial charge is 0.273 e. The Hall–Kier alpha value is -2.04. The van der Waals surface area contributed by atoms with Crippen LogP contribution >= 0.6 is 0 Å². The minimum atomic E-state index is -0.0962. The monoisotopic (exact) mass is 216 g/mol. The molecule has 5 heteroatoms. The van der Waals surface area contributed by atoms with Crippen molar-refractivity contribution in [2.45, 2.75) is 18.9 Å². The Morgan fingerprint density at radius 1 is 1.50 bits per heavy atom. The molecule has 2 heterocycles. The SMILES string of the molecule is O=C(Nc1ccn[nH]1)c1cccn1C1CC1. The third kappa shape index (κ3) is 1.60. The molecule has 16 heavy (non-hydrogen) atoms. The van der Waals surface area contributed by atoms with Gasteiger partial charge in [-0.1, -0.05) is 0 Å². The van der Waals surface area contributed by atoms with Crippen molar-refractivity contribution < 1.29 is 4.79 Å². The number of H-pyrrole nitrogens is 1. The van der Waals surface area contributed by atoms with E-state index in [0.717, 1.165) is 0 Å². The molecule has 0 atom stereocenters. The zero-order chi connectivity index (χ0) is 11.0. The zero-order valence-electron chi connectivity index (χ0n) is 8.68. The largest absolute Gasteiger partial charge is 0.340 e. The molecule has 1 saturated carbocycles. The van der Waals surface area contributed by atoms with Crippen LogP contribution in [-0.2, 0) is 0 Å². The summed E-state index contributed by atoms with van der Waals surface area (Å²) in [5.41, 5.74) is 0.706. The normalized spacial score (nSPS) is 15.0.